The topological polar surface area (TPSA) is 77.1 Å². The maximum Gasteiger partial charge on any atom is 0.266 e. The lowest BCUT2D eigenvalue weighted by Gasteiger charge is -2.27. The number of hydrogen-bond donors (Lipinski definition) is 1. The summed E-state index contributed by atoms with van der Waals surface area (Å²) < 4.78 is 16.4. The van der Waals surface area contributed by atoms with Gasteiger partial charge in [-0.1, -0.05) is 12.1 Å². The minimum atomic E-state index is -0.851. The second kappa shape index (κ2) is 8.21. The predicted octanol–water partition coefficient (Wildman–Crippen LogP) is 2.76. The predicted molar refractivity (Wildman–Crippen MR) is 105 cm³/mol. The molecule has 7 nitrogen and oxygen atoms in total. The van der Waals surface area contributed by atoms with Crippen LogP contribution in [-0.4, -0.2) is 44.1 Å². The van der Waals surface area contributed by atoms with Gasteiger partial charge in [0.25, 0.3) is 5.91 Å². The molecule has 148 valence electrons. The zero-order chi connectivity index (χ0) is 20.3. The number of amides is 2. The van der Waals surface area contributed by atoms with Gasteiger partial charge in [-0.25, -0.2) is 0 Å². The van der Waals surface area contributed by atoms with E-state index in [1.165, 1.54) is 0 Å². The molecular formula is C21H24N2O5. The fourth-order valence-corrected chi connectivity index (χ4v) is 3.08. The second-order valence-corrected chi connectivity index (χ2v) is 6.68. The third-order valence-corrected chi connectivity index (χ3v) is 4.74. The molecule has 1 atom stereocenters. The summed E-state index contributed by atoms with van der Waals surface area (Å²) in [5.41, 5.74) is 2.54. The molecule has 1 heterocycles. The van der Waals surface area contributed by atoms with Crippen molar-refractivity contribution in [2.24, 2.45) is 0 Å². The first kappa shape index (κ1) is 19.5. The molecule has 2 aromatic rings. The van der Waals surface area contributed by atoms with Crippen LogP contribution >= 0.6 is 0 Å². The van der Waals surface area contributed by atoms with E-state index in [-0.39, 0.29) is 18.2 Å². The third-order valence-electron chi connectivity index (χ3n) is 4.74. The van der Waals surface area contributed by atoms with Crippen LogP contribution in [0.3, 0.4) is 0 Å². The van der Waals surface area contributed by atoms with Gasteiger partial charge in [-0.05, 0) is 42.3 Å². The van der Waals surface area contributed by atoms with E-state index in [9.17, 15) is 9.59 Å². The Bertz CT molecular complexity index is 896. The lowest BCUT2D eigenvalue weighted by atomic mass is 10.1. The fraction of sp³-hybridized carbons (Fsp3) is 0.333. The van der Waals surface area contributed by atoms with Gasteiger partial charge < -0.3 is 24.4 Å². The van der Waals surface area contributed by atoms with Crippen LogP contribution in [0.5, 0.6) is 17.2 Å². The molecular weight excluding hydrogens is 360 g/mol. The van der Waals surface area contributed by atoms with Gasteiger partial charge in [0, 0.05) is 13.6 Å². The Morgan fingerprint density at radius 3 is 2.57 bits per heavy atom. The molecule has 0 radical (unpaired) electrons. The van der Waals surface area contributed by atoms with Crippen molar-refractivity contribution in [1.29, 1.82) is 0 Å². The maximum absolute atomic E-state index is 12.7. The number of nitrogens with zero attached hydrogens (tertiary/aromatic N) is 1. The number of carbonyl (C=O) groups excluding carboxylic acids is 2. The Morgan fingerprint density at radius 2 is 1.86 bits per heavy atom. The average molecular weight is 384 g/mol. The smallest absolute Gasteiger partial charge is 0.266 e. The van der Waals surface area contributed by atoms with Gasteiger partial charge in [0.2, 0.25) is 5.91 Å². The molecule has 0 aliphatic carbocycles. The molecule has 0 saturated heterocycles. The zero-order valence-electron chi connectivity index (χ0n) is 16.4. The highest BCUT2D eigenvalue weighted by molar-refractivity contribution is 5.99. The lowest BCUT2D eigenvalue weighted by molar-refractivity contribution is -0.136. The summed E-state index contributed by atoms with van der Waals surface area (Å²) >= 11 is 0. The quantitative estimate of drug-likeness (QED) is 0.829. The molecule has 3 rings (SSSR count). The van der Waals surface area contributed by atoms with E-state index in [1.807, 2.05) is 31.2 Å². The molecule has 1 aliphatic rings. The van der Waals surface area contributed by atoms with Crippen molar-refractivity contribution in [3.05, 3.63) is 47.5 Å². The number of methoxy groups -OCH3 is 2. The van der Waals surface area contributed by atoms with Gasteiger partial charge in [-0.15, -0.1) is 0 Å². The number of carbonyl (C=O) groups is 2. The van der Waals surface area contributed by atoms with Gasteiger partial charge in [0.05, 0.1) is 26.3 Å². The van der Waals surface area contributed by atoms with Crippen LogP contribution in [0.15, 0.2) is 36.4 Å². The first-order chi connectivity index (χ1) is 13.4. The Balaban J connectivity index is 1.68. The van der Waals surface area contributed by atoms with Crippen molar-refractivity contribution in [2.75, 3.05) is 26.6 Å². The standard InChI is InChI=1S/C21H24N2O5/c1-13-9-17(26-3)18(27-4)10-14(13)12-23(2)20(24)11-19-21(25)22-15-7-5-6-8-16(15)28-19/h5-10,19H,11-12H2,1-4H3,(H,22,25)/t19-/m1/s1. The number of hydrogen-bond acceptors (Lipinski definition) is 5. The van der Waals surface area contributed by atoms with E-state index in [4.69, 9.17) is 14.2 Å². The van der Waals surface area contributed by atoms with Crippen LogP contribution in [0.2, 0.25) is 0 Å². The van der Waals surface area contributed by atoms with Crippen molar-refractivity contribution in [1.82, 2.24) is 4.90 Å². The van der Waals surface area contributed by atoms with E-state index in [1.54, 1.807) is 38.3 Å². The van der Waals surface area contributed by atoms with Crippen molar-refractivity contribution >= 4 is 17.5 Å². The molecule has 2 amide bonds. The number of anilines is 1. The van der Waals surface area contributed by atoms with Gasteiger partial charge >= 0.3 is 0 Å². The molecule has 0 spiro atoms. The number of rotatable bonds is 6. The minimum absolute atomic E-state index is 0.0387. The van der Waals surface area contributed by atoms with Crippen LogP contribution in [0.25, 0.3) is 0 Å². The Kier molecular flexibility index (Phi) is 5.73. The molecule has 0 saturated carbocycles. The summed E-state index contributed by atoms with van der Waals surface area (Å²) in [6.07, 6.45) is -0.889. The summed E-state index contributed by atoms with van der Waals surface area (Å²) in [6, 6.07) is 10.9. The molecule has 2 aromatic carbocycles. The van der Waals surface area contributed by atoms with E-state index in [2.05, 4.69) is 5.32 Å². The van der Waals surface area contributed by atoms with Crippen molar-refractivity contribution in [3.8, 4) is 17.2 Å². The van der Waals surface area contributed by atoms with Crippen LogP contribution in [0.4, 0.5) is 5.69 Å². The molecule has 0 unspecified atom stereocenters. The van der Waals surface area contributed by atoms with Gasteiger partial charge in [-0.3, -0.25) is 9.59 Å². The number of ether oxygens (including phenoxy) is 3. The van der Waals surface area contributed by atoms with Gasteiger partial charge in [0.15, 0.2) is 17.6 Å². The number of nitrogens with one attached hydrogen (secondary N) is 1. The van der Waals surface area contributed by atoms with Crippen molar-refractivity contribution < 1.29 is 23.8 Å². The second-order valence-electron chi connectivity index (χ2n) is 6.68. The van der Waals surface area contributed by atoms with Crippen LogP contribution in [-0.2, 0) is 16.1 Å². The zero-order valence-corrected chi connectivity index (χ0v) is 16.4. The van der Waals surface area contributed by atoms with Crippen molar-refractivity contribution in [3.63, 3.8) is 0 Å². The van der Waals surface area contributed by atoms with Crippen molar-refractivity contribution in [2.45, 2.75) is 26.0 Å². The minimum Gasteiger partial charge on any atom is -0.493 e. The van der Waals surface area contributed by atoms with Crippen LogP contribution in [0.1, 0.15) is 17.5 Å². The summed E-state index contributed by atoms with van der Waals surface area (Å²) in [7, 11) is 4.86. The lowest BCUT2D eigenvalue weighted by Crippen LogP contribution is -2.41. The molecule has 28 heavy (non-hydrogen) atoms. The largest absolute Gasteiger partial charge is 0.493 e. The molecule has 0 bridgehead atoms. The molecule has 0 aromatic heterocycles. The molecule has 1 N–H and O–H groups in total. The summed E-state index contributed by atoms with van der Waals surface area (Å²) in [5, 5.41) is 2.78. The number of benzene rings is 2. The highest BCUT2D eigenvalue weighted by Gasteiger charge is 2.30. The molecule has 7 heteroatoms. The highest BCUT2D eigenvalue weighted by Crippen LogP contribution is 2.32. The SMILES string of the molecule is COc1cc(C)c(CN(C)C(=O)C[C@H]2Oc3ccccc3NC2=O)cc1OC. The van der Waals surface area contributed by atoms with Gasteiger partial charge in [-0.2, -0.15) is 0 Å². The van der Waals surface area contributed by atoms with Crippen LogP contribution in [0, 0.1) is 6.92 Å². The van der Waals surface area contributed by atoms with Crippen LogP contribution < -0.4 is 19.5 Å². The number of para-hydroxylation sites is 2. The summed E-state index contributed by atoms with van der Waals surface area (Å²) in [4.78, 5) is 26.5. The first-order valence-corrected chi connectivity index (χ1v) is 8.95. The van der Waals surface area contributed by atoms with E-state index in [0.717, 1.165) is 11.1 Å². The third kappa shape index (κ3) is 4.03. The fourth-order valence-electron chi connectivity index (χ4n) is 3.08. The molecule has 1 aliphatic heterocycles. The monoisotopic (exact) mass is 384 g/mol. The summed E-state index contributed by atoms with van der Waals surface area (Å²) in [6.45, 7) is 2.33. The van der Waals surface area contributed by atoms with Gasteiger partial charge in [0.1, 0.15) is 5.75 Å². The first-order valence-electron chi connectivity index (χ1n) is 8.95. The Hall–Kier alpha value is -3.22. The number of fused-ring (bicyclic) bond motifs is 1. The van der Waals surface area contributed by atoms with E-state index >= 15 is 0 Å². The Labute approximate surface area is 164 Å². The highest BCUT2D eigenvalue weighted by atomic mass is 16.5. The van der Waals surface area contributed by atoms with E-state index < -0.39 is 6.10 Å². The Morgan fingerprint density at radius 1 is 1.18 bits per heavy atom. The normalized spacial score (nSPS) is 15.1. The maximum atomic E-state index is 12.7. The average Bonchev–Trinajstić information content (AvgIpc) is 2.69. The molecule has 0 fully saturated rings. The number of aryl methyl sites for hydroxylation is 1. The summed E-state index contributed by atoms with van der Waals surface area (Å²) in [5.74, 6) is 1.31. The van der Waals surface area contributed by atoms with E-state index in [0.29, 0.717) is 29.5 Å².